The van der Waals surface area contributed by atoms with Crippen LogP contribution in [-0.2, 0) is 14.3 Å². The number of hydrogen-bond acceptors (Lipinski definition) is 5. The molecule has 0 aromatic rings. The fourth-order valence-electron chi connectivity index (χ4n) is 0.810. The van der Waals surface area contributed by atoms with E-state index in [1.54, 1.807) is 0 Å². The van der Waals surface area contributed by atoms with Crippen molar-refractivity contribution in [3.8, 4) is 0 Å². The first-order valence-corrected chi connectivity index (χ1v) is 4.58. The number of unbranched alkanes of at least 4 members (excludes halogenated alkanes) is 1. The molecule has 0 spiro atoms. The summed E-state index contributed by atoms with van der Waals surface area (Å²) in [4.78, 5) is 21.7. The van der Waals surface area contributed by atoms with Crippen LogP contribution in [0.2, 0.25) is 0 Å². The second kappa shape index (κ2) is 7.95. The Morgan fingerprint density at radius 1 is 1.40 bits per heavy atom. The summed E-state index contributed by atoms with van der Waals surface area (Å²) in [6, 6.07) is 0. The zero-order valence-corrected chi connectivity index (χ0v) is 8.68. The molecule has 3 N–H and O–H groups in total. The highest BCUT2D eigenvalue weighted by molar-refractivity contribution is 5.93. The van der Waals surface area contributed by atoms with Crippen LogP contribution < -0.4 is 5.73 Å². The van der Waals surface area contributed by atoms with Crippen molar-refractivity contribution in [3.63, 3.8) is 0 Å². The molecular formula is C9H16N2O4. The van der Waals surface area contributed by atoms with Gasteiger partial charge in [0.1, 0.15) is 0 Å². The van der Waals surface area contributed by atoms with Crippen molar-refractivity contribution in [1.29, 1.82) is 0 Å². The van der Waals surface area contributed by atoms with Crippen LogP contribution in [0.15, 0.2) is 12.2 Å². The van der Waals surface area contributed by atoms with Gasteiger partial charge in [0.05, 0.1) is 7.11 Å². The van der Waals surface area contributed by atoms with Crippen molar-refractivity contribution in [2.45, 2.75) is 12.8 Å². The lowest BCUT2D eigenvalue weighted by molar-refractivity contribution is -0.159. The van der Waals surface area contributed by atoms with Gasteiger partial charge in [-0.05, 0) is 19.4 Å². The van der Waals surface area contributed by atoms with Crippen LogP contribution in [0.1, 0.15) is 12.8 Å². The molecule has 86 valence electrons. The number of hydrogen-bond donors (Lipinski definition) is 2. The van der Waals surface area contributed by atoms with E-state index in [2.05, 4.69) is 4.74 Å². The highest BCUT2D eigenvalue weighted by atomic mass is 16.5. The van der Waals surface area contributed by atoms with Crippen molar-refractivity contribution in [1.82, 2.24) is 5.06 Å². The van der Waals surface area contributed by atoms with E-state index < -0.39 is 11.9 Å². The molecule has 0 saturated carbocycles. The number of carbonyl (C=O) groups is 2. The first-order valence-electron chi connectivity index (χ1n) is 4.58. The van der Waals surface area contributed by atoms with E-state index in [0.29, 0.717) is 18.0 Å². The van der Waals surface area contributed by atoms with Gasteiger partial charge in [-0.3, -0.25) is 10.0 Å². The Balaban J connectivity index is 3.88. The lowest BCUT2D eigenvalue weighted by atomic mass is 10.3. The smallest absolute Gasteiger partial charge is 0.330 e. The Kier molecular flexibility index (Phi) is 7.21. The van der Waals surface area contributed by atoms with Crippen molar-refractivity contribution < 1.29 is 19.5 Å². The first-order chi connectivity index (χ1) is 7.11. The number of esters is 1. The molecule has 0 saturated heterocycles. The maximum absolute atomic E-state index is 11.1. The van der Waals surface area contributed by atoms with E-state index >= 15 is 0 Å². The third kappa shape index (κ3) is 6.64. The van der Waals surface area contributed by atoms with Crippen LogP contribution >= 0.6 is 0 Å². The Bertz CT molecular complexity index is 240. The van der Waals surface area contributed by atoms with Crippen LogP contribution in [0.3, 0.4) is 0 Å². The fraction of sp³-hybridized carbons (Fsp3) is 0.556. The average Bonchev–Trinajstić information content (AvgIpc) is 2.25. The van der Waals surface area contributed by atoms with Crippen molar-refractivity contribution in [3.05, 3.63) is 12.2 Å². The number of rotatable bonds is 6. The first kappa shape index (κ1) is 13.6. The predicted molar refractivity (Wildman–Crippen MR) is 52.9 cm³/mol. The maximum atomic E-state index is 11.1. The maximum Gasteiger partial charge on any atom is 0.330 e. The average molecular weight is 216 g/mol. The second-order valence-electron chi connectivity index (χ2n) is 2.81. The summed E-state index contributed by atoms with van der Waals surface area (Å²) < 4.78 is 4.28. The van der Waals surface area contributed by atoms with Crippen LogP contribution in [0.5, 0.6) is 0 Å². The van der Waals surface area contributed by atoms with E-state index in [-0.39, 0.29) is 6.54 Å². The van der Waals surface area contributed by atoms with Gasteiger partial charge in [-0.2, -0.15) is 0 Å². The summed E-state index contributed by atoms with van der Waals surface area (Å²) in [6.45, 7) is 0.710. The standard InChI is InChI=1S/C9H16N2O4/c1-15-9(13)5-4-8(12)11(14)7-3-2-6-10/h4-5,14H,2-3,6-7,10H2,1H3/b5-4+. The summed E-state index contributed by atoms with van der Waals surface area (Å²) in [5.74, 6) is -1.30. The number of nitrogens with two attached hydrogens (primary N) is 1. The minimum Gasteiger partial charge on any atom is -0.466 e. The van der Waals surface area contributed by atoms with E-state index in [0.717, 1.165) is 18.6 Å². The zero-order chi connectivity index (χ0) is 11.7. The van der Waals surface area contributed by atoms with Gasteiger partial charge in [0.25, 0.3) is 5.91 Å². The molecule has 0 unspecified atom stereocenters. The summed E-state index contributed by atoms with van der Waals surface area (Å²) in [7, 11) is 1.20. The Labute approximate surface area is 88.3 Å². The third-order valence-electron chi connectivity index (χ3n) is 1.64. The van der Waals surface area contributed by atoms with Gasteiger partial charge >= 0.3 is 5.97 Å². The summed E-state index contributed by atoms with van der Waals surface area (Å²) in [5, 5.41) is 9.71. The van der Waals surface area contributed by atoms with Crippen LogP contribution in [0, 0.1) is 0 Å². The van der Waals surface area contributed by atoms with Crippen LogP contribution in [-0.4, -0.2) is 42.3 Å². The highest BCUT2D eigenvalue weighted by Gasteiger charge is 2.06. The Hall–Kier alpha value is -1.40. The Morgan fingerprint density at radius 3 is 2.60 bits per heavy atom. The summed E-state index contributed by atoms with van der Waals surface area (Å²) >= 11 is 0. The lowest BCUT2D eigenvalue weighted by Gasteiger charge is -2.11. The number of ether oxygens (including phenoxy) is 1. The number of amides is 1. The Morgan fingerprint density at radius 2 is 2.07 bits per heavy atom. The molecule has 6 heteroatoms. The van der Waals surface area contributed by atoms with Gasteiger partial charge in [-0.1, -0.05) is 0 Å². The number of nitrogens with zero attached hydrogens (tertiary/aromatic N) is 1. The van der Waals surface area contributed by atoms with Gasteiger partial charge in [0.15, 0.2) is 0 Å². The monoisotopic (exact) mass is 216 g/mol. The van der Waals surface area contributed by atoms with Crippen LogP contribution in [0.4, 0.5) is 0 Å². The molecule has 0 aromatic heterocycles. The van der Waals surface area contributed by atoms with E-state index in [1.807, 2.05) is 0 Å². The topological polar surface area (TPSA) is 92.9 Å². The molecule has 0 fully saturated rings. The molecule has 0 radical (unpaired) electrons. The minimum absolute atomic E-state index is 0.196. The molecular weight excluding hydrogens is 200 g/mol. The van der Waals surface area contributed by atoms with E-state index in [4.69, 9.17) is 10.9 Å². The molecule has 0 atom stereocenters. The van der Waals surface area contributed by atoms with E-state index in [9.17, 15) is 9.59 Å². The van der Waals surface area contributed by atoms with Crippen molar-refractivity contribution in [2.75, 3.05) is 20.2 Å². The molecule has 0 rings (SSSR count). The number of methoxy groups -OCH3 is 1. The zero-order valence-electron chi connectivity index (χ0n) is 8.68. The molecule has 15 heavy (non-hydrogen) atoms. The second-order valence-corrected chi connectivity index (χ2v) is 2.81. The molecule has 6 nitrogen and oxygen atoms in total. The minimum atomic E-state index is -0.655. The number of carbonyl (C=O) groups excluding carboxylic acids is 2. The molecule has 0 aliphatic rings. The lowest BCUT2D eigenvalue weighted by Crippen LogP contribution is -2.27. The molecule has 0 bridgehead atoms. The summed E-state index contributed by atoms with van der Waals surface area (Å²) in [5.41, 5.74) is 5.25. The SMILES string of the molecule is COC(=O)/C=C/C(=O)N(O)CCCCN. The summed E-state index contributed by atoms with van der Waals surface area (Å²) in [6.07, 6.45) is 3.25. The van der Waals surface area contributed by atoms with Crippen molar-refractivity contribution in [2.24, 2.45) is 5.73 Å². The quantitative estimate of drug-likeness (QED) is 0.208. The third-order valence-corrected chi connectivity index (χ3v) is 1.64. The molecule has 0 aromatic carbocycles. The van der Waals surface area contributed by atoms with Gasteiger partial charge in [0.2, 0.25) is 0 Å². The molecule has 0 heterocycles. The largest absolute Gasteiger partial charge is 0.466 e. The molecule has 0 aliphatic carbocycles. The van der Waals surface area contributed by atoms with E-state index in [1.165, 1.54) is 7.11 Å². The number of hydroxylamine groups is 2. The van der Waals surface area contributed by atoms with Crippen molar-refractivity contribution >= 4 is 11.9 Å². The highest BCUT2D eigenvalue weighted by Crippen LogP contribution is 1.93. The van der Waals surface area contributed by atoms with Gasteiger partial charge in [-0.25, -0.2) is 9.86 Å². The van der Waals surface area contributed by atoms with Gasteiger partial charge < -0.3 is 10.5 Å². The fourth-order valence-corrected chi connectivity index (χ4v) is 0.810. The van der Waals surface area contributed by atoms with Crippen LogP contribution in [0.25, 0.3) is 0 Å². The molecule has 0 aliphatic heterocycles. The van der Waals surface area contributed by atoms with Gasteiger partial charge in [0, 0.05) is 18.7 Å². The van der Waals surface area contributed by atoms with Gasteiger partial charge in [-0.15, -0.1) is 0 Å². The molecule has 1 amide bonds. The normalized spacial score (nSPS) is 10.3. The predicted octanol–water partition coefficient (Wildman–Crippen LogP) is -0.328.